The van der Waals surface area contributed by atoms with Crippen LogP contribution in [0.15, 0.2) is 12.3 Å². The summed E-state index contributed by atoms with van der Waals surface area (Å²) in [4.78, 5) is 22.7. The second-order valence-corrected chi connectivity index (χ2v) is 5.13. The van der Waals surface area contributed by atoms with E-state index in [-0.39, 0.29) is 11.3 Å². The van der Waals surface area contributed by atoms with Crippen molar-refractivity contribution in [2.45, 2.75) is 26.7 Å². The van der Waals surface area contributed by atoms with Crippen molar-refractivity contribution in [3.8, 4) is 0 Å². The van der Waals surface area contributed by atoms with E-state index in [4.69, 9.17) is 0 Å². The third-order valence-corrected chi connectivity index (χ3v) is 3.56. The minimum Gasteiger partial charge on any atom is -0.359 e. The number of nitrogens with zero attached hydrogens (tertiary/aromatic N) is 3. The maximum Gasteiger partial charge on any atom is 0.227 e. The fourth-order valence-electron chi connectivity index (χ4n) is 2.54. The average molecular weight is 248 g/mol. The van der Waals surface area contributed by atoms with Crippen molar-refractivity contribution < 1.29 is 4.79 Å². The Bertz CT molecular complexity index is 448. The molecule has 0 radical (unpaired) electrons. The number of carbonyl (C=O) groups is 1. The second-order valence-electron chi connectivity index (χ2n) is 5.13. The van der Waals surface area contributed by atoms with Gasteiger partial charge in [0.05, 0.1) is 5.41 Å². The SMILES string of the molecule is CNC(=O)C1(C)CCCN(c2ccnc(C)n2)C1. The van der Waals surface area contributed by atoms with Gasteiger partial charge in [0.15, 0.2) is 0 Å². The molecule has 1 aliphatic heterocycles. The Labute approximate surface area is 108 Å². The number of carbonyl (C=O) groups excluding carboxylic acids is 1. The van der Waals surface area contributed by atoms with Gasteiger partial charge in [-0.1, -0.05) is 0 Å². The standard InChI is InChI=1S/C13H20N4O/c1-10-15-7-5-11(16-10)17-8-4-6-13(2,9-17)12(18)14-3/h5,7H,4,6,8-9H2,1-3H3,(H,14,18). The van der Waals surface area contributed by atoms with Gasteiger partial charge in [-0.2, -0.15) is 0 Å². The fraction of sp³-hybridized carbons (Fsp3) is 0.615. The molecule has 5 nitrogen and oxygen atoms in total. The minimum absolute atomic E-state index is 0.109. The van der Waals surface area contributed by atoms with Gasteiger partial charge in [-0.05, 0) is 32.8 Å². The summed E-state index contributed by atoms with van der Waals surface area (Å²) in [5.74, 6) is 1.79. The van der Waals surface area contributed by atoms with Crippen LogP contribution in [0.2, 0.25) is 0 Å². The van der Waals surface area contributed by atoms with E-state index in [9.17, 15) is 4.79 Å². The number of nitrogens with one attached hydrogen (secondary N) is 1. The molecule has 1 fully saturated rings. The first kappa shape index (κ1) is 12.8. The summed E-state index contributed by atoms with van der Waals surface area (Å²) >= 11 is 0. The van der Waals surface area contributed by atoms with Crippen LogP contribution < -0.4 is 10.2 Å². The first-order valence-corrected chi connectivity index (χ1v) is 6.32. The van der Waals surface area contributed by atoms with Gasteiger partial charge >= 0.3 is 0 Å². The summed E-state index contributed by atoms with van der Waals surface area (Å²) in [6, 6.07) is 1.91. The number of aromatic nitrogens is 2. The van der Waals surface area contributed by atoms with Crippen LogP contribution in [0.4, 0.5) is 5.82 Å². The van der Waals surface area contributed by atoms with E-state index in [1.807, 2.05) is 19.9 Å². The van der Waals surface area contributed by atoms with Gasteiger partial charge in [-0.25, -0.2) is 9.97 Å². The van der Waals surface area contributed by atoms with E-state index < -0.39 is 0 Å². The van der Waals surface area contributed by atoms with Crippen LogP contribution in [-0.2, 0) is 4.79 Å². The third kappa shape index (κ3) is 2.44. The summed E-state index contributed by atoms with van der Waals surface area (Å²) in [7, 11) is 1.70. The lowest BCUT2D eigenvalue weighted by atomic mass is 9.81. The molecule has 0 saturated carbocycles. The van der Waals surface area contributed by atoms with Crippen LogP contribution in [0.1, 0.15) is 25.6 Å². The molecule has 1 amide bonds. The molecule has 1 aromatic rings. The highest BCUT2D eigenvalue weighted by Gasteiger charge is 2.37. The number of hydrogen-bond acceptors (Lipinski definition) is 4. The Kier molecular flexibility index (Phi) is 3.50. The normalized spacial score (nSPS) is 23.8. The van der Waals surface area contributed by atoms with Crippen LogP contribution in [0.25, 0.3) is 0 Å². The predicted octanol–water partition coefficient (Wildman–Crippen LogP) is 1.14. The molecule has 1 atom stereocenters. The van der Waals surface area contributed by atoms with Crippen LogP contribution in [-0.4, -0.2) is 36.0 Å². The van der Waals surface area contributed by atoms with E-state index in [1.54, 1.807) is 13.2 Å². The zero-order chi connectivity index (χ0) is 13.2. The summed E-state index contributed by atoms with van der Waals surface area (Å²) in [6.45, 7) is 5.56. The van der Waals surface area contributed by atoms with Gasteiger partial charge in [-0.3, -0.25) is 4.79 Å². The highest BCUT2D eigenvalue weighted by Crippen LogP contribution is 2.31. The average Bonchev–Trinajstić information content (AvgIpc) is 2.38. The number of rotatable bonds is 2. The summed E-state index contributed by atoms with van der Waals surface area (Å²) < 4.78 is 0. The minimum atomic E-state index is -0.328. The number of anilines is 1. The van der Waals surface area contributed by atoms with Crippen molar-refractivity contribution >= 4 is 11.7 Å². The Balaban J connectivity index is 2.19. The molecule has 18 heavy (non-hydrogen) atoms. The second kappa shape index (κ2) is 4.92. The predicted molar refractivity (Wildman–Crippen MR) is 70.4 cm³/mol. The van der Waals surface area contributed by atoms with E-state index in [0.29, 0.717) is 6.54 Å². The zero-order valence-corrected chi connectivity index (χ0v) is 11.2. The van der Waals surface area contributed by atoms with Crippen LogP contribution >= 0.6 is 0 Å². The van der Waals surface area contributed by atoms with E-state index in [2.05, 4.69) is 20.2 Å². The van der Waals surface area contributed by atoms with Crippen molar-refractivity contribution in [1.29, 1.82) is 0 Å². The molecule has 2 heterocycles. The Morgan fingerprint density at radius 1 is 1.56 bits per heavy atom. The number of piperidine rings is 1. The molecular weight excluding hydrogens is 228 g/mol. The van der Waals surface area contributed by atoms with Crippen molar-refractivity contribution in [3.05, 3.63) is 18.1 Å². The first-order valence-electron chi connectivity index (χ1n) is 6.32. The highest BCUT2D eigenvalue weighted by atomic mass is 16.2. The van der Waals surface area contributed by atoms with Gasteiger partial charge in [0.1, 0.15) is 11.6 Å². The van der Waals surface area contributed by atoms with Gasteiger partial charge in [-0.15, -0.1) is 0 Å². The molecule has 1 aromatic heterocycles. The molecular formula is C13H20N4O. The number of aryl methyl sites for hydroxylation is 1. The van der Waals surface area contributed by atoms with Crippen molar-refractivity contribution in [2.75, 3.05) is 25.0 Å². The molecule has 1 N–H and O–H groups in total. The van der Waals surface area contributed by atoms with Gasteiger partial charge in [0.2, 0.25) is 5.91 Å². The first-order chi connectivity index (χ1) is 8.55. The number of hydrogen-bond donors (Lipinski definition) is 1. The van der Waals surface area contributed by atoms with Crippen LogP contribution in [0.5, 0.6) is 0 Å². The molecule has 2 rings (SSSR count). The van der Waals surface area contributed by atoms with Gasteiger partial charge < -0.3 is 10.2 Å². The highest BCUT2D eigenvalue weighted by molar-refractivity contribution is 5.82. The summed E-state index contributed by atoms with van der Waals surface area (Å²) in [6.07, 6.45) is 3.70. The van der Waals surface area contributed by atoms with Crippen molar-refractivity contribution in [3.63, 3.8) is 0 Å². The Morgan fingerprint density at radius 3 is 3.00 bits per heavy atom. The van der Waals surface area contributed by atoms with Crippen molar-refractivity contribution in [2.24, 2.45) is 5.41 Å². The fourth-order valence-corrected chi connectivity index (χ4v) is 2.54. The maximum absolute atomic E-state index is 12.0. The van der Waals surface area contributed by atoms with Crippen LogP contribution in [0.3, 0.4) is 0 Å². The Morgan fingerprint density at radius 2 is 2.33 bits per heavy atom. The molecule has 1 aliphatic rings. The summed E-state index contributed by atoms with van der Waals surface area (Å²) in [5, 5.41) is 2.76. The molecule has 0 bridgehead atoms. The quantitative estimate of drug-likeness (QED) is 0.852. The molecule has 0 aromatic carbocycles. The Hall–Kier alpha value is -1.65. The molecule has 0 aliphatic carbocycles. The van der Waals surface area contributed by atoms with Gasteiger partial charge in [0.25, 0.3) is 0 Å². The zero-order valence-electron chi connectivity index (χ0n) is 11.2. The number of amides is 1. The van der Waals surface area contributed by atoms with E-state index in [0.717, 1.165) is 31.0 Å². The summed E-state index contributed by atoms with van der Waals surface area (Å²) in [5.41, 5.74) is -0.328. The van der Waals surface area contributed by atoms with Crippen molar-refractivity contribution in [1.82, 2.24) is 15.3 Å². The topological polar surface area (TPSA) is 58.1 Å². The largest absolute Gasteiger partial charge is 0.359 e. The van der Waals surface area contributed by atoms with E-state index in [1.165, 1.54) is 0 Å². The van der Waals surface area contributed by atoms with Crippen LogP contribution in [0, 0.1) is 12.3 Å². The molecule has 5 heteroatoms. The lowest BCUT2D eigenvalue weighted by molar-refractivity contribution is -0.130. The lowest BCUT2D eigenvalue weighted by Gasteiger charge is -2.39. The molecule has 1 saturated heterocycles. The maximum atomic E-state index is 12.0. The third-order valence-electron chi connectivity index (χ3n) is 3.56. The smallest absolute Gasteiger partial charge is 0.227 e. The van der Waals surface area contributed by atoms with Gasteiger partial charge in [0, 0.05) is 26.3 Å². The monoisotopic (exact) mass is 248 g/mol. The lowest BCUT2D eigenvalue weighted by Crippen LogP contribution is -2.50. The van der Waals surface area contributed by atoms with E-state index >= 15 is 0 Å². The molecule has 0 spiro atoms. The molecule has 1 unspecified atom stereocenters. The molecule has 98 valence electrons.